The molecule has 0 aromatic heterocycles. The van der Waals surface area contributed by atoms with Crippen LogP contribution in [0.3, 0.4) is 0 Å². The van der Waals surface area contributed by atoms with Gasteiger partial charge >= 0.3 is 0 Å². The lowest BCUT2D eigenvalue weighted by Gasteiger charge is -2.27. The van der Waals surface area contributed by atoms with Crippen LogP contribution in [0.25, 0.3) is 0 Å². The van der Waals surface area contributed by atoms with Crippen LogP contribution < -0.4 is 4.90 Å². The van der Waals surface area contributed by atoms with Crippen molar-refractivity contribution in [1.82, 2.24) is 0 Å². The summed E-state index contributed by atoms with van der Waals surface area (Å²) < 4.78 is 36.8. The fraction of sp³-hybridized carbons (Fsp3) is 0.447. The van der Waals surface area contributed by atoms with Gasteiger partial charge in [-0.05, 0) is 144 Å². The van der Waals surface area contributed by atoms with Crippen molar-refractivity contribution < 1.29 is 17.5 Å². The van der Waals surface area contributed by atoms with Crippen molar-refractivity contribution >= 4 is 84.0 Å². The lowest BCUT2D eigenvalue weighted by molar-refractivity contribution is -0.438. The number of halogens is 3. The number of unbranched alkanes of at least 4 members (excludes halogenated alkanes) is 3. The lowest BCUT2D eigenvalue weighted by Crippen LogP contribution is -2.28. The van der Waals surface area contributed by atoms with Crippen LogP contribution in [-0.2, 0) is 20.9 Å². The molecule has 2 aromatic rings. The largest absolute Gasteiger partial charge is 0.344 e. The van der Waals surface area contributed by atoms with E-state index in [9.17, 15) is 13.0 Å². The molecule has 5 nitrogen and oxygen atoms in total. The number of nitrogens with zero attached hydrogens (tertiary/aromatic N) is 2. The number of hydrogen-bond acceptors (Lipinski definition) is 3. The van der Waals surface area contributed by atoms with E-state index in [1.54, 1.807) is 0 Å². The standard InChI is InChI=1S/C38H45ClI2N2O3S/c1-6-7-8-21-42-32-17-15-28(40)24-30(32)37(2,3)34(42)19-13-26-11-12-27(36(26)39)14-20-35-38(4,5)31-25-29(41)16-18-33(31)43(35)22-9-10-23-47(44,45)46/h13-20,24-25H,6-12,21-23H2,1-5H3/p+1. The molecular formula is C38H46ClI2N2O3S+. The first-order valence-electron chi connectivity index (χ1n) is 16.6. The van der Waals surface area contributed by atoms with Crippen LogP contribution in [0.2, 0.25) is 0 Å². The first-order valence-corrected chi connectivity index (χ1v) is 20.8. The predicted molar refractivity (Wildman–Crippen MR) is 214 cm³/mol. The van der Waals surface area contributed by atoms with E-state index >= 15 is 0 Å². The van der Waals surface area contributed by atoms with Crippen molar-refractivity contribution in [2.45, 2.75) is 90.4 Å². The fourth-order valence-corrected chi connectivity index (χ4v) is 9.08. The minimum absolute atomic E-state index is 0.0976. The molecule has 0 saturated carbocycles. The van der Waals surface area contributed by atoms with Gasteiger partial charge in [-0.3, -0.25) is 4.55 Å². The normalized spacial score (nSPS) is 20.4. The third-order valence-electron chi connectivity index (χ3n) is 9.84. The number of rotatable bonds is 12. The van der Waals surface area contributed by atoms with E-state index in [0.717, 1.165) is 42.1 Å². The van der Waals surface area contributed by atoms with Gasteiger partial charge < -0.3 is 4.90 Å². The van der Waals surface area contributed by atoms with Crippen molar-refractivity contribution in [3.05, 3.63) is 101 Å². The van der Waals surface area contributed by atoms with Crippen LogP contribution in [0.5, 0.6) is 0 Å². The summed E-state index contributed by atoms with van der Waals surface area (Å²) in [6.45, 7) is 13.1. The monoisotopic (exact) mass is 899 g/mol. The van der Waals surface area contributed by atoms with Crippen molar-refractivity contribution in [2.24, 2.45) is 0 Å². The molecule has 0 saturated heterocycles. The van der Waals surface area contributed by atoms with Gasteiger partial charge in [0.25, 0.3) is 10.1 Å². The Labute approximate surface area is 314 Å². The molecule has 3 aliphatic rings. The Morgan fingerprint density at radius 1 is 0.915 bits per heavy atom. The van der Waals surface area contributed by atoms with Gasteiger partial charge in [0.2, 0.25) is 5.69 Å². The summed E-state index contributed by atoms with van der Waals surface area (Å²) in [5, 5.41) is 0.835. The van der Waals surface area contributed by atoms with E-state index in [0.29, 0.717) is 19.4 Å². The molecule has 1 N–H and O–H groups in total. The highest BCUT2D eigenvalue weighted by Crippen LogP contribution is 2.49. The minimum atomic E-state index is -3.97. The molecule has 9 heteroatoms. The molecule has 1 aliphatic carbocycles. The Bertz CT molecular complexity index is 1820. The van der Waals surface area contributed by atoms with E-state index in [1.165, 1.54) is 53.8 Å². The number of anilines is 1. The first-order chi connectivity index (χ1) is 22.1. The van der Waals surface area contributed by atoms with E-state index in [1.807, 2.05) is 0 Å². The second-order valence-electron chi connectivity index (χ2n) is 13.9. The molecule has 47 heavy (non-hydrogen) atoms. The third kappa shape index (κ3) is 7.97. The highest BCUT2D eigenvalue weighted by molar-refractivity contribution is 14.1. The second-order valence-corrected chi connectivity index (χ2v) is 18.3. The molecule has 0 spiro atoms. The minimum Gasteiger partial charge on any atom is -0.344 e. The Morgan fingerprint density at radius 3 is 2.32 bits per heavy atom. The van der Waals surface area contributed by atoms with Gasteiger partial charge in [0.15, 0.2) is 5.71 Å². The van der Waals surface area contributed by atoms with Crippen LogP contribution in [0.4, 0.5) is 11.4 Å². The third-order valence-corrected chi connectivity index (χ3v) is 12.5. The maximum absolute atomic E-state index is 11.3. The van der Waals surface area contributed by atoms with Crippen molar-refractivity contribution in [3.8, 4) is 0 Å². The zero-order valence-corrected chi connectivity index (χ0v) is 33.9. The smallest absolute Gasteiger partial charge is 0.264 e. The van der Waals surface area contributed by atoms with Crippen molar-refractivity contribution in [2.75, 3.05) is 23.7 Å². The number of benzene rings is 2. The molecule has 5 rings (SSSR count). The Kier molecular flexibility index (Phi) is 11.6. The van der Waals surface area contributed by atoms with Gasteiger partial charge in [-0.15, -0.1) is 0 Å². The molecule has 0 atom stereocenters. The molecule has 0 unspecified atom stereocenters. The summed E-state index contributed by atoms with van der Waals surface area (Å²) in [6.07, 6.45) is 15.4. The summed E-state index contributed by atoms with van der Waals surface area (Å²) in [5.41, 5.74) is 9.59. The topological polar surface area (TPSA) is 60.6 Å². The van der Waals surface area contributed by atoms with Gasteiger partial charge in [-0.2, -0.15) is 13.0 Å². The van der Waals surface area contributed by atoms with Crippen LogP contribution in [-0.4, -0.2) is 42.1 Å². The van der Waals surface area contributed by atoms with Crippen LogP contribution in [0.1, 0.15) is 90.7 Å². The predicted octanol–water partition coefficient (Wildman–Crippen LogP) is 10.6. The van der Waals surface area contributed by atoms with Crippen LogP contribution >= 0.6 is 56.8 Å². The molecule has 0 radical (unpaired) electrons. The molecular weight excluding hydrogens is 854 g/mol. The molecule has 0 bridgehead atoms. The maximum atomic E-state index is 11.3. The van der Waals surface area contributed by atoms with Crippen LogP contribution in [0.15, 0.2) is 82.6 Å². The maximum Gasteiger partial charge on any atom is 0.264 e. The molecule has 2 heterocycles. The Hall–Kier alpha value is -1.47. The van der Waals surface area contributed by atoms with Gasteiger partial charge in [-0.25, -0.2) is 0 Å². The molecule has 2 aromatic carbocycles. The van der Waals surface area contributed by atoms with Gasteiger partial charge in [0, 0.05) is 59.6 Å². The molecule has 252 valence electrons. The average molecular weight is 900 g/mol. The van der Waals surface area contributed by atoms with E-state index in [4.69, 9.17) is 11.6 Å². The molecule has 2 aliphatic heterocycles. The number of fused-ring (bicyclic) bond motifs is 2. The summed E-state index contributed by atoms with van der Waals surface area (Å²) in [4.78, 5) is 2.31. The highest BCUT2D eigenvalue weighted by Gasteiger charge is 2.44. The quantitative estimate of drug-likeness (QED) is 0.0998. The van der Waals surface area contributed by atoms with Crippen molar-refractivity contribution in [1.29, 1.82) is 0 Å². The van der Waals surface area contributed by atoms with Gasteiger partial charge in [0.1, 0.15) is 6.54 Å². The SMILES string of the molecule is CCCCC[N+]1=C(/C=C/C2=C(Cl)C(=C/C=C3/N(CCCCS(=O)(=O)O)c4ccc(I)cc4C3(C)C)/CC2)C(C)(C)c2cc(I)ccc21. The summed E-state index contributed by atoms with van der Waals surface area (Å²) >= 11 is 11.9. The lowest BCUT2D eigenvalue weighted by atomic mass is 9.81. The average Bonchev–Trinajstić information content (AvgIpc) is 3.52. The zero-order chi connectivity index (χ0) is 34.1. The second kappa shape index (κ2) is 14.8. The van der Waals surface area contributed by atoms with Crippen molar-refractivity contribution in [3.63, 3.8) is 0 Å². The summed E-state index contributed by atoms with van der Waals surface area (Å²) in [6, 6.07) is 13.3. The molecule has 0 fully saturated rings. The molecule has 0 amide bonds. The van der Waals surface area contributed by atoms with E-state index < -0.39 is 10.1 Å². The Balaban J connectivity index is 1.44. The summed E-state index contributed by atoms with van der Waals surface area (Å²) in [7, 11) is -3.97. The highest BCUT2D eigenvalue weighted by atomic mass is 127. The summed E-state index contributed by atoms with van der Waals surface area (Å²) in [5.74, 6) is -0.220. The zero-order valence-electron chi connectivity index (χ0n) is 28.0. The Morgan fingerprint density at radius 2 is 1.62 bits per heavy atom. The number of hydrogen-bond donors (Lipinski definition) is 1. The fourth-order valence-electron chi connectivity index (χ4n) is 7.22. The van der Waals surface area contributed by atoms with E-state index in [2.05, 4.69) is 150 Å². The van der Waals surface area contributed by atoms with Gasteiger partial charge in [0.05, 0.1) is 11.2 Å². The van der Waals surface area contributed by atoms with Gasteiger partial charge in [-0.1, -0.05) is 50.9 Å². The van der Waals surface area contributed by atoms with Crippen LogP contribution in [0, 0.1) is 7.14 Å². The number of allylic oxidation sites excluding steroid dienone is 8. The first kappa shape index (κ1) is 36.8. The van der Waals surface area contributed by atoms with E-state index in [-0.39, 0.29) is 16.6 Å².